The summed E-state index contributed by atoms with van der Waals surface area (Å²) in [4.78, 5) is 11.8. The molecule has 0 spiro atoms. The number of carbonyl (C=O) groups excluding carboxylic acids is 1. The summed E-state index contributed by atoms with van der Waals surface area (Å²) < 4.78 is 10.9. The highest BCUT2D eigenvalue weighted by Crippen LogP contribution is 2.21. The van der Waals surface area contributed by atoms with E-state index in [-0.39, 0.29) is 12.5 Å². The highest BCUT2D eigenvalue weighted by molar-refractivity contribution is 6.30. The number of benzene rings is 2. The van der Waals surface area contributed by atoms with Gasteiger partial charge >= 0.3 is 0 Å². The number of ether oxygens (including phenoxy) is 2. The fourth-order valence-corrected chi connectivity index (χ4v) is 2.22. The monoisotopic (exact) mass is 346 g/mol. The predicted octanol–water partition coefficient (Wildman–Crippen LogP) is 3.58. The number of carbonyl (C=O) groups is 1. The number of amides is 1. The highest BCUT2D eigenvalue weighted by Gasteiger charge is 2.05. The van der Waals surface area contributed by atoms with Crippen molar-refractivity contribution in [1.29, 1.82) is 0 Å². The Morgan fingerprint density at radius 3 is 2.75 bits per heavy atom. The van der Waals surface area contributed by atoms with Gasteiger partial charge in [0.1, 0.15) is 11.5 Å². The zero-order valence-corrected chi connectivity index (χ0v) is 14.3. The Kier molecular flexibility index (Phi) is 6.63. The molecule has 0 radical (unpaired) electrons. The molecule has 126 valence electrons. The molecule has 0 fully saturated rings. The van der Waals surface area contributed by atoms with Crippen molar-refractivity contribution in [2.45, 2.75) is 13.8 Å². The zero-order chi connectivity index (χ0) is 17.4. The molecule has 0 aromatic heterocycles. The van der Waals surface area contributed by atoms with Crippen LogP contribution in [0.15, 0.2) is 47.6 Å². The molecule has 0 unspecified atom stereocenters. The quantitative estimate of drug-likeness (QED) is 0.615. The molecule has 2 aromatic carbocycles. The number of aryl methyl sites for hydroxylation is 1. The third-order valence-electron chi connectivity index (χ3n) is 3.11. The minimum absolute atomic E-state index is 0.132. The second-order valence-electron chi connectivity index (χ2n) is 4.96. The lowest BCUT2D eigenvalue weighted by molar-refractivity contribution is -0.123. The smallest absolute Gasteiger partial charge is 0.277 e. The van der Waals surface area contributed by atoms with Crippen molar-refractivity contribution < 1.29 is 14.3 Å². The van der Waals surface area contributed by atoms with Crippen LogP contribution in [0, 0.1) is 6.92 Å². The van der Waals surface area contributed by atoms with Crippen LogP contribution >= 0.6 is 11.6 Å². The van der Waals surface area contributed by atoms with Gasteiger partial charge in [0.2, 0.25) is 0 Å². The Bertz CT molecular complexity index is 732. The second kappa shape index (κ2) is 8.93. The van der Waals surface area contributed by atoms with Crippen LogP contribution in [0.25, 0.3) is 0 Å². The van der Waals surface area contributed by atoms with Crippen molar-refractivity contribution in [3.63, 3.8) is 0 Å². The molecule has 0 aliphatic rings. The minimum atomic E-state index is -0.352. The number of hydrogen-bond donors (Lipinski definition) is 1. The van der Waals surface area contributed by atoms with E-state index in [0.29, 0.717) is 23.1 Å². The largest absolute Gasteiger partial charge is 0.493 e. The summed E-state index contributed by atoms with van der Waals surface area (Å²) in [6.07, 6.45) is 1.54. The zero-order valence-electron chi connectivity index (χ0n) is 13.6. The van der Waals surface area contributed by atoms with Gasteiger partial charge in [-0.15, -0.1) is 0 Å². The number of rotatable bonds is 7. The maximum atomic E-state index is 11.8. The molecule has 0 saturated carbocycles. The number of hydrazone groups is 1. The van der Waals surface area contributed by atoms with Crippen LogP contribution in [0.4, 0.5) is 0 Å². The van der Waals surface area contributed by atoms with Crippen LogP contribution < -0.4 is 14.9 Å². The van der Waals surface area contributed by atoms with Crippen LogP contribution in [-0.4, -0.2) is 25.3 Å². The lowest BCUT2D eigenvalue weighted by Crippen LogP contribution is -2.24. The van der Waals surface area contributed by atoms with Gasteiger partial charge in [0.05, 0.1) is 12.8 Å². The maximum Gasteiger partial charge on any atom is 0.277 e. The maximum absolute atomic E-state index is 11.8. The van der Waals surface area contributed by atoms with Gasteiger partial charge in [-0.2, -0.15) is 5.10 Å². The van der Waals surface area contributed by atoms with Crippen molar-refractivity contribution in [2.75, 3.05) is 13.2 Å². The lowest BCUT2D eigenvalue weighted by atomic mass is 10.2. The normalized spacial score (nSPS) is 10.6. The predicted molar refractivity (Wildman–Crippen MR) is 95.0 cm³/mol. The average Bonchev–Trinajstić information content (AvgIpc) is 2.56. The minimum Gasteiger partial charge on any atom is -0.493 e. The Hall–Kier alpha value is -2.53. The van der Waals surface area contributed by atoms with Gasteiger partial charge in [-0.25, -0.2) is 5.43 Å². The summed E-state index contributed by atoms with van der Waals surface area (Å²) in [5.74, 6) is 0.973. The van der Waals surface area contributed by atoms with E-state index in [4.69, 9.17) is 21.1 Å². The Labute approximate surface area is 146 Å². The SMILES string of the molecule is CCOc1ccccc1C=NNC(=O)COc1ccc(Cl)cc1C. The lowest BCUT2D eigenvalue weighted by Gasteiger charge is -2.08. The fraction of sp³-hybridized carbons (Fsp3) is 0.222. The van der Waals surface area contributed by atoms with Crippen molar-refractivity contribution >= 4 is 23.7 Å². The number of para-hydroxylation sites is 1. The van der Waals surface area contributed by atoms with Crippen molar-refractivity contribution in [3.8, 4) is 11.5 Å². The van der Waals surface area contributed by atoms with E-state index in [2.05, 4.69) is 10.5 Å². The van der Waals surface area contributed by atoms with E-state index < -0.39 is 0 Å². The first kappa shape index (κ1) is 17.8. The number of nitrogens with one attached hydrogen (secondary N) is 1. The molecule has 0 heterocycles. The van der Waals surface area contributed by atoms with Crippen LogP contribution in [0.1, 0.15) is 18.1 Å². The molecule has 0 aliphatic heterocycles. The van der Waals surface area contributed by atoms with Crippen LogP contribution in [0.2, 0.25) is 5.02 Å². The van der Waals surface area contributed by atoms with E-state index >= 15 is 0 Å². The molecule has 24 heavy (non-hydrogen) atoms. The molecule has 1 N–H and O–H groups in total. The molecular weight excluding hydrogens is 328 g/mol. The summed E-state index contributed by atoms with van der Waals surface area (Å²) in [5.41, 5.74) is 4.08. The summed E-state index contributed by atoms with van der Waals surface area (Å²) in [5, 5.41) is 4.55. The van der Waals surface area contributed by atoms with E-state index in [1.807, 2.05) is 38.1 Å². The summed E-state index contributed by atoms with van der Waals surface area (Å²) >= 11 is 5.88. The second-order valence-corrected chi connectivity index (χ2v) is 5.40. The number of nitrogens with zero attached hydrogens (tertiary/aromatic N) is 1. The number of halogens is 1. The third kappa shape index (κ3) is 5.28. The van der Waals surface area contributed by atoms with E-state index in [1.165, 1.54) is 6.21 Å². The first-order valence-corrected chi connectivity index (χ1v) is 7.90. The van der Waals surface area contributed by atoms with Gasteiger partial charge in [-0.3, -0.25) is 4.79 Å². The van der Waals surface area contributed by atoms with E-state index in [1.54, 1.807) is 18.2 Å². The van der Waals surface area contributed by atoms with Gasteiger partial charge in [-0.05, 0) is 49.7 Å². The molecule has 6 heteroatoms. The van der Waals surface area contributed by atoms with Crippen molar-refractivity contribution in [1.82, 2.24) is 5.43 Å². The molecule has 0 aliphatic carbocycles. The van der Waals surface area contributed by atoms with Crippen molar-refractivity contribution in [3.05, 3.63) is 58.6 Å². The number of hydrogen-bond acceptors (Lipinski definition) is 4. The van der Waals surface area contributed by atoms with E-state index in [0.717, 1.165) is 11.1 Å². The molecule has 1 amide bonds. The molecule has 0 atom stereocenters. The molecule has 2 rings (SSSR count). The van der Waals surface area contributed by atoms with Gasteiger partial charge in [-0.1, -0.05) is 23.7 Å². The topological polar surface area (TPSA) is 59.9 Å². The standard InChI is InChI=1S/C18H19ClN2O3/c1-3-23-17-7-5-4-6-14(17)11-20-21-18(22)12-24-16-9-8-15(19)10-13(16)2/h4-11H,3,12H2,1-2H3,(H,21,22). The van der Waals surface area contributed by atoms with Gasteiger partial charge in [0.25, 0.3) is 5.91 Å². The Morgan fingerprint density at radius 2 is 2.00 bits per heavy atom. The van der Waals surface area contributed by atoms with E-state index in [9.17, 15) is 4.79 Å². The third-order valence-corrected chi connectivity index (χ3v) is 3.34. The first-order valence-electron chi connectivity index (χ1n) is 7.53. The first-order chi connectivity index (χ1) is 11.6. The van der Waals surface area contributed by atoms with Crippen LogP contribution in [0.3, 0.4) is 0 Å². The van der Waals surface area contributed by atoms with Gasteiger partial charge in [0, 0.05) is 10.6 Å². The van der Waals surface area contributed by atoms with Gasteiger partial charge < -0.3 is 9.47 Å². The summed E-state index contributed by atoms with van der Waals surface area (Å²) in [6, 6.07) is 12.7. The molecule has 0 bridgehead atoms. The Balaban J connectivity index is 1.87. The van der Waals surface area contributed by atoms with Gasteiger partial charge in [0.15, 0.2) is 6.61 Å². The fourth-order valence-electron chi connectivity index (χ4n) is 2.00. The molecule has 0 saturated heterocycles. The summed E-state index contributed by atoms with van der Waals surface area (Å²) in [7, 11) is 0. The van der Waals surface area contributed by atoms with Crippen LogP contribution in [-0.2, 0) is 4.79 Å². The van der Waals surface area contributed by atoms with Crippen molar-refractivity contribution in [2.24, 2.45) is 5.10 Å². The highest BCUT2D eigenvalue weighted by atomic mass is 35.5. The molecule has 2 aromatic rings. The van der Waals surface area contributed by atoms with Crippen LogP contribution in [0.5, 0.6) is 11.5 Å². The Morgan fingerprint density at radius 1 is 1.21 bits per heavy atom. The summed E-state index contributed by atoms with van der Waals surface area (Å²) in [6.45, 7) is 4.20. The molecular formula is C18H19ClN2O3. The molecule has 5 nitrogen and oxygen atoms in total. The average molecular weight is 347 g/mol.